The van der Waals surface area contributed by atoms with Crippen LogP contribution in [0.2, 0.25) is 0 Å². The topological polar surface area (TPSA) is 103 Å². The summed E-state index contributed by atoms with van der Waals surface area (Å²) in [7, 11) is 1.61. The average molecular weight is 483 g/mol. The second kappa shape index (κ2) is 9.26. The van der Waals surface area contributed by atoms with Gasteiger partial charge in [-0.1, -0.05) is 42.0 Å². The van der Waals surface area contributed by atoms with Crippen LogP contribution in [-0.4, -0.2) is 45.4 Å². The zero-order valence-corrected chi connectivity index (χ0v) is 20.0. The summed E-state index contributed by atoms with van der Waals surface area (Å²) < 4.78 is 5.35. The number of nitrogens with one attached hydrogen (secondary N) is 1. The minimum absolute atomic E-state index is 0.0372. The number of phenols is 1. The van der Waals surface area contributed by atoms with Gasteiger partial charge in [0.05, 0.1) is 18.7 Å². The van der Waals surface area contributed by atoms with E-state index in [2.05, 4.69) is 4.98 Å². The van der Waals surface area contributed by atoms with E-state index < -0.39 is 17.7 Å². The molecule has 36 heavy (non-hydrogen) atoms. The number of aromatic nitrogens is 1. The van der Waals surface area contributed by atoms with Crippen LogP contribution in [0, 0.1) is 6.92 Å². The highest BCUT2D eigenvalue weighted by molar-refractivity contribution is 6.46. The van der Waals surface area contributed by atoms with E-state index in [0.717, 1.165) is 27.8 Å². The fourth-order valence-corrected chi connectivity index (χ4v) is 4.71. The van der Waals surface area contributed by atoms with Crippen molar-refractivity contribution in [1.82, 2.24) is 9.88 Å². The molecule has 1 unspecified atom stereocenters. The molecular weight excluding hydrogens is 456 g/mol. The van der Waals surface area contributed by atoms with Gasteiger partial charge in [-0.25, -0.2) is 0 Å². The lowest BCUT2D eigenvalue weighted by Crippen LogP contribution is -2.31. The van der Waals surface area contributed by atoms with Crippen LogP contribution in [-0.2, 0) is 16.0 Å². The number of likely N-dealkylation sites (tertiary alicyclic amines) is 1. The number of carbonyl (C=O) groups is 2. The third-order valence-electron chi connectivity index (χ3n) is 6.67. The second-order valence-electron chi connectivity index (χ2n) is 8.93. The van der Waals surface area contributed by atoms with Gasteiger partial charge in [0, 0.05) is 29.2 Å². The maximum absolute atomic E-state index is 13.2. The van der Waals surface area contributed by atoms with E-state index in [-0.39, 0.29) is 23.6 Å². The monoisotopic (exact) mass is 482 g/mol. The Morgan fingerprint density at radius 3 is 2.44 bits per heavy atom. The average Bonchev–Trinajstić information content (AvgIpc) is 3.40. The Morgan fingerprint density at radius 2 is 1.75 bits per heavy atom. The Balaban J connectivity index is 1.55. The van der Waals surface area contributed by atoms with Crippen LogP contribution in [0.4, 0.5) is 0 Å². The lowest BCUT2D eigenvalue weighted by molar-refractivity contribution is -0.139. The maximum atomic E-state index is 13.2. The van der Waals surface area contributed by atoms with Crippen molar-refractivity contribution in [2.24, 2.45) is 0 Å². The van der Waals surface area contributed by atoms with Crippen molar-refractivity contribution < 1.29 is 24.5 Å². The Kier molecular flexibility index (Phi) is 5.98. The molecule has 0 radical (unpaired) electrons. The number of phenolic OH excluding ortho intramolecular Hbond substituents is 1. The molecule has 1 aromatic heterocycles. The molecule has 1 amide bonds. The molecule has 0 spiro atoms. The van der Waals surface area contributed by atoms with Crippen LogP contribution in [0.5, 0.6) is 11.5 Å². The van der Waals surface area contributed by atoms with Gasteiger partial charge in [0.25, 0.3) is 11.7 Å². The van der Waals surface area contributed by atoms with E-state index in [1.807, 2.05) is 43.5 Å². The zero-order chi connectivity index (χ0) is 25.4. The van der Waals surface area contributed by atoms with Gasteiger partial charge in [-0.05, 0) is 54.8 Å². The highest BCUT2D eigenvalue weighted by Crippen LogP contribution is 2.40. The number of ketones is 1. The number of Topliss-reactive ketones (excluding diaryl/α,β-unsaturated/α-hetero) is 1. The van der Waals surface area contributed by atoms with Crippen molar-refractivity contribution in [1.29, 1.82) is 0 Å². The molecule has 7 heteroatoms. The van der Waals surface area contributed by atoms with Crippen molar-refractivity contribution in [2.75, 3.05) is 13.7 Å². The number of methoxy groups -OCH3 is 1. The molecular formula is C29H26N2O5. The molecule has 1 atom stereocenters. The van der Waals surface area contributed by atoms with Gasteiger partial charge in [0.15, 0.2) is 0 Å². The predicted octanol–water partition coefficient (Wildman–Crippen LogP) is 4.85. The van der Waals surface area contributed by atoms with Gasteiger partial charge in [-0.15, -0.1) is 0 Å². The number of benzene rings is 3. The number of hydrogen-bond donors (Lipinski definition) is 3. The summed E-state index contributed by atoms with van der Waals surface area (Å²) in [5.74, 6) is -0.815. The summed E-state index contributed by atoms with van der Waals surface area (Å²) in [4.78, 5) is 31.2. The van der Waals surface area contributed by atoms with Crippen LogP contribution >= 0.6 is 0 Å². The molecule has 1 saturated heterocycles. The molecule has 1 fully saturated rings. The molecule has 0 saturated carbocycles. The first-order valence-electron chi connectivity index (χ1n) is 11.7. The Labute approximate surface area is 208 Å². The number of nitrogens with zero attached hydrogens (tertiary/aromatic N) is 1. The van der Waals surface area contributed by atoms with E-state index >= 15 is 0 Å². The maximum Gasteiger partial charge on any atom is 0.295 e. The Morgan fingerprint density at radius 1 is 1.03 bits per heavy atom. The number of aryl methyl sites for hydroxylation is 1. The fraction of sp³-hybridized carbons (Fsp3) is 0.172. The molecule has 3 N–H and O–H groups in total. The van der Waals surface area contributed by atoms with Crippen LogP contribution < -0.4 is 4.74 Å². The SMILES string of the molecule is COc1ccc2[nH]cc(CCN3C(=O)C(=O)/C(=C(\O)c4ccc(C)cc4)C3c3ccc(O)cc3)c2c1. The molecule has 1 aliphatic rings. The Bertz CT molecular complexity index is 1480. The van der Waals surface area contributed by atoms with Gasteiger partial charge >= 0.3 is 0 Å². The molecule has 0 aliphatic carbocycles. The smallest absolute Gasteiger partial charge is 0.295 e. The number of ether oxygens (including phenoxy) is 1. The molecule has 3 aromatic carbocycles. The fourth-order valence-electron chi connectivity index (χ4n) is 4.71. The summed E-state index contributed by atoms with van der Waals surface area (Å²) in [6.07, 6.45) is 2.38. The van der Waals surface area contributed by atoms with Crippen LogP contribution in [0.15, 0.2) is 78.5 Å². The van der Waals surface area contributed by atoms with Gasteiger partial charge in [-0.3, -0.25) is 9.59 Å². The lowest BCUT2D eigenvalue weighted by Gasteiger charge is -2.25. The van der Waals surface area contributed by atoms with E-state index in [1.165, 1.54) is 17.0 Å². The molecule has 182 valence electrons. The number of aromatic hydroxyl groups is 1. The highest BCUT2D eigenvalue weighted by atomic mass is 16.5. The third-order valence-corrected chi connectivity index (χ3v) is 6.67. The van der Waals surface area contributed by atoms with Crippen LogP contribution in [0.1, 0.15) is 28.3 Å². The van der Waals surface area contributed by atoms with E-state index in [9.17, 15) is 19.8 Å². The lowest BCUT2D eigenvalue weighted by atomic mass is 9.95. The number of H-pyrrole nitrogens is 1. The minimum Gasteiger partial charge on any atom is -0.508 e. The third kappa shape index (κ3) is 4.09. The first kappa shape index (κ1) is 23.2. The molecule has 2 heterocycles. The normalized spacial score (nSPS) is 17.2. The van der Waals surface area contributed by atoms with Crippen molar-refractivity contribution >= 4 is 28.4 Å². The number of hydrogen-bond acceptors (Lipinski definition) is 5. The first-order valence-corrected chi connectivity index (χ1v) is 11.7. The first-order chi connectivity index (χ1) is 17.4. The molecule has 5 rings (SSSR count). The van der Waals surface area contributed by atoms with Gasteiger partial charge in [-0.2, -0.15) is 0 Å². The van der Waals surface area contributed by atoms with Crippen molar-refractivity contribution in [3.05, 3.63) is 101 Å². The quantitative estimate of drug-likeness (QED) is 0.207. The number of carbonyl (C=O) groups excluding carboxylic acids is 2. The molecule has 7 nitrogen and oxygen atoms in total. The number of amides is 1. The zero-order valence-electron chi connectivity index (χ0n) is 20.0. The van der Waals surface area contributed by atoms with Gasteiger partial charge in [0.1, 0.15) is 17.3 Å². The van der Waals surface area contributed by atoms with E-state index in [0.29, 0.717) is 17.5 Å². The van der Waals surface area contributed by atoms with Crippen molar-refractivity contribution in [3.63, 3.8) is 0 Å². The summed E-state index contributed by atoms with van der Waals surface area (Å²) in [5, 5.41) is 21.9. The number of aliphatic hydroxyl groups is 1. The number of rotatable bonds is 6. The van der Waals surface area contributed by atoms with Crippen LogP contribution in [0.3, 0.4) is 0 Å². The molecule has 0 bridgehead atoms. The molecule has 1 aliphatic heterocycles. The number of aromatic amines is 1. The number of aliphatic hydroxyl groups excluding tert-OH is 1. The van der Waals surface area contributed by atoms with Crippen LogP contribution in [0.25, 0.3) is 16.7 Å². The van der Waals surface area contributed by atoms with Crippen molar-refractivity contribution in [2.45, 2.75) is 19.4 Å². The summed E-state index contributed by atoms with van der Waals surface area (Å²) in [6, 6.07) is 18.4. The Hall–Kier alpha value is -4.52. The second-order valence-corrected chi connectivity index (χ2v) is 8.93. The predicted molar refractivity (Wildman–Crippen MR) is 137 cm³/mol. The highest BCUT2D eigenvalue weighted by Gasteiger charge is 2.45. The van der Waals surface area contributed by atoms with Gasteiger partial charge in [0.2, 0.25) is 0 Å². The molecule has 4 aromatic rings. The number of fused-ring (bicyclic) bond motifs is 1. The van der Waals surface area contributed by atoms with Gasteiger partial charge < -0.3 is 24.8 Å². The summed E-state index contributed by atoms with van der Waals surface area (Å²) in [6.45, 7) is 2.18. The van der Waals surface area contributed by atoms with Crippen molar-refractivity contribution in [3.8, 4) is 11.5 Å². The largest absolute Gasteiger partial charge is 0.508 e. The summed E-state index contributed by atoms with van der Waals surface area (Å²) in [5.41, 5.74) is 4.07. The summed E-state index contributed by atoms with van der Waals surface area (Å²) >= 11 is 0. The van der Waals surface area contributed by atoms with E-state index in [4.69, 9.17) is 4.74 Å². The standard InChI is InChI=1S/C29H26N2O5/c1-17-3-5-19(6-4-17)27(33)25-26(18-7-9-21(32)10-8-18)31(29(35)28(25)34)14-13-20-16-30-24-12-11-22(36-2)15-23(20)24/h3-12,15-16,26,30,32-33H,13-14H2,1-2H3/b27-25-. The van der Waals surface area contributed by atoms with E-state index in [1.54, 1.807) is 31.4 Å². The minimum atomic E-state index is -0.786.